The van der Waals surface area contributed by atoms with Crippen LogP contribution in [0.15, 0.2) is 4.47 Å². The highest BCUT2D eigenvalue weighted by molar-refractivity contribution is 9.10. The van der Waals surface area contributed by atoms with Crippen LogP contribution in [0, 0.1) is 24.7 Å². The first-order valence-corrected chi connectivity index (χ1v) is 9.16. The van der Waals surface area contributed by atoms with Crippen LogP contribution in [0.5, 0.6) is 0 Å². The van der Waals surface area contributed by atoms with Gasteiger partial charge in [0, 0.05) is 19.6 Å². The Morgan fingerprint density at radius 3 is 2.14 bits per heavy atom. The van der Waals surface area contributed by atoms with Crippen molar-refractivity contribution in [2.24, 2.45) is 24.8 Å². The maximum atomic E-state index is 13.2. The third kappa shape index (κ3) is 2.00. The van der Waals surface area contributed by atoms with Crippen molar-refractivity contribution in [3.8, 4) is 0 Å². The third-order valence-electron chi connectivity index (χ3n) is 6.37. The molecule has 4 fully saturated rings. The molecule has 4 aliphatic carbocycles. The summed E-state index contributed by atoms with van der Waals surface area (Å²) < 4.78 is 2.57. The van der Waals surface area contributed by atoms with Crippen molar-refractivity contribution in [3.05, 3.63) is 15.9 Å². The van der Waals surface area contributed by atoms with Crippen molar-refractivity contribution in [3.63, 3.8) is 0 Å². The Morgan fingerprint density at radius 1 is 1.23 bits per heavy atom. The molecule has 4 aliphatic rings. The Morgan fingerprint density at radius 2 is 1.73 bits per heavy atom. The average molecular weight is 366 g/mol. The Labute approximate surface area is 140 Å². The van der Waals surface area contributed by atoms with E-state index in [1.807, 2.05) is 21.0 Å². The lowest BCUT2D eigenvalue weighted by Crippen LogP contribution is -2.60. The molecule has 4 saturated carbocycles. The molecule has 0 spiro atoms. The lowest BCUT2D eigenvalue weighted by atomic mass is 9.52. The predicted octanol–water partition coefficient (Wildman–Crippen LogP) is 3.53. The molecule has 0 atom stereocenters. The zero-order valence-corrected chi connectivity index (χ0v) is 15.2. The number of hydrogen-bond acceptors (Lipinski definition) is 2. The van der Waals surface area contributed by atoms with Crippen LogP contribution in [0.2, 0.25) is 0 Å². The molecule has 1 amide bonds. The van der Waals surface area contributed by atoms with Gasteiger partial charge in [0.05, 0.1) is 10.2 Å². The number of rotatable bonds is 2. The minimum absolute atomic E-state index is 0.101. The van der Waals surface area contributed by atoms with Crippen molar-refractivity contribution in [1.29, 1.82) is 0 Å². The summed E-state index contributed by atoms with van der Waals surface area (Å²) in [4.78, 5) is 15.2. The third-order valence-corrected chi connectivity index (χ3v) is 7.32. The number of halogens is 1. The van der Waals surface area contributed by atoms with E-state index in [4.69, 9.17) is 0 Å². The van der Waals surface area contributed by atoms with E-state index in [-0.39, 0.29) is 11.4 Å². The maximum absolute atomic E-state index is 13.2. The molecule has 0 aromatic carbocycles. The van der Waals surface area contributed by atoms with Gasteiger partial charge in [-0.25, -0.2) is 0 Å². The first kappa shape index (κ1) is 14.7. The fourth-order valence-corrected chi connectivity index (χ4v) is 6.22. The zero-order valence-electron chi connectivity index (χ0n) is 13.6. The molecule has 120 valence electrons. The lowest BCUT2D eigenvalue weighted by molar-refractivity contribution is -0.0668. The van der Waals surface area contributed by atoms with Crippen LogP contribution in [0.4, 0.5) is 0 Å². The molecule has 4 bridgehead atoms. The van der Waals surface area contributed by atoms with Crippen LogP contribution < -0.4 is 0 Å². The maximum Gasteiger partial charge on any atom is 0.273 e. The fourth-order valence-electron chi connectivity index (χ4n) is 5.71. The molecule has 1 aromatic heterocycles. The van der Waals surface area contributed by atoms with Gasteiger partial charge in [0.15, 0.2) is 0 Å². The standard InChI is InChI=1S/C17H24BrN3O/c1-10-14(18)15(21(3)19-10)16(22)20(2)17-7-11-4-12(8-17)6-13(5-11)9-17/h11-13H,4-9H2,1-3H3. The largest absolute Gasteiger partial charge is 0.335 e. The van der Waals surface area contributed by atoms with Gasteiger partial charge < -0.3 is 4.90 Å². The minimum atomic E-state index is 0.101. The lowest BCUT2D eigenvalue weighted by Gasteiger charge is -2.59. The molecule has 5 rings (SSSR count). The molecular weight excluding hydrogens is 342 g/mol. The van der Waals surface area contributed by atoms with Gasteiger partial charge in [0.25, 0.3) is 5.91 Å². The van der Waals surface area contributed by atoms with Gasteiger partial charge in [-0.2, -0.15) is 5.10 Å². The quantitative estimate of drug-likeness (QED) is 0.803. The van der Waals surface area contributed by atoms with Crippen LogP contribution >= 0.6 is 15.9 Å². The minimum Gasteiger partial charge on any atom is -0.335 e. The topological polar surface area (TPSA) is 38.1 Å². The van der Waals surface area contributed by atoms with Crippen LogP contribution in [-0.4, -0.2) is 33.2 Å². The Hall–Kier alpha value is -0.840. The number of aryl methyl sites for hydroxylation is 2. The van der Waals surface area contributed by atoms with Crippen molar-refractivity contribution in [2.75, 3.05) is 7.05 Å². The molecule has 22 heavy (non-hydrogen) atoms. The van der Waals surface area contributed by atoms with E-state index >= 15 is 0 Å². The SMILES string of the molecule is Cc1nn(C)c(C(=O)N(C)C23CC4CC(CC(C4)C2)C3)c1Br. The summed E-state index contributed by atoms with van der Waals surface area (Å²) in [6, 6.07) is 0. The molecule has 0 aliphatic heterocycles. The van der Waals surface area contributed by atoms with Gasteiger partial charge in [-0.05, 0) is 79.1 Å². The predicted molar refractivity (Wildman–Crippen MR) is 88.6 cm³/mol. The van der Waals surface area contributed by atoms with Crippen molar-refractivity contribution in [1.82, 2.24) is 14.7 Å². The molecule has 0 N–H and O–H groups in total. The Kier molecular flexibility index (Phi) is 3.23. The van der Waals surface area contributed by atoms with Gasteiger partial charge in [-0.15, -0.1) is 0 Å². The van der Waals surface area contributed by atoms with E-state index in [9.17, 15) is 4.79 Å². The summed E-state index contributed by atoms with van der Waals surface area (Å²) in [5.41, 5.74) is 1.67. The molecule has 1 heterocycles. The summed E-state index contributed by atoms with van der Waals surface area (Å²) in [5, 5.41) is 4.38. The van der Waals surface area contributed by atoms with Gasteiger partial charge in [0.2, 0.25) is 0 Å². The molecule has 1 aromatic rings. The van der Waals surface area contributed by atoms with E-state index in [2.05, 4.69) is 25.9 Å². The first-order chi connectivity index (χ1) is 10.4. The molecule has 5 heteroatoms. The monoisotopic (exact) mass is 365 g/mol. The van der Waals surface area contributed by atoms with E-state index in [1.165, 1.54) is 38.5 Å². The van der Waals surface area contributed by atoms with E-state index in [1.54, 1.807) is 4.68 Å². The molecule has 0 unspecified atom stereocenters. The summed E-state index contributed by atoms with van der Waals surface area (Å²) in [5.74, 6) is 2.66. The summed E-state index contributed by atoms with van der Waals surface area (Å²) in [6.07, 6.45) is 7.81. The van der Waals surface area contributed by atoms with Crippen LogP contribution in [0.25, 0.3) is 0 Å². The second kappa shape index (κ2) is 4.83. The summed E-state index contributed by atoms with van der Waals surface area (Å²) in [6.45, 7) is 1.94. The Bertz CT molecular complexity index is 601. The highest BCUT2D eigenvalue weighted by Gasteiger charge is 2.54. The van der Waals surface area contributed by atoms with Crippen molar-refractivity contribution < 1.29 is 4.79 Å². The van der Waals surface area contributed by atoms with Gasteiger partial charge in [-0.3, -0.25) is 9.48 Å². The number of carbonyl (C=O) groups excluding carboxylic acids is 1. The second-order valence-corrected chi connectivity index (χ2v) is 8.67. The summed E-state index contributed by atoms with van der Waals surface area (Å²) >= 11 is 3.55. The normalized spacial score (nSPS) is 35.9. The van der Waals surface area contributed by atoms with E-state index in [0.717, 1.165) is 27.9 Å². The second-order valence-electron chi connectivity index (χ2n) is 7.88. The van der Waals surface area contributed by atoms with Gasteiger partial charge in [-0.1, -0.05) is 0 Å². The van der Waals surface area contributed by atoms with Crippen molar-refractivity contribution >= 4 is 21.8 Å². The molecule has 4 nitrogen and oxygen atoms in total. The molecular formula is C17H24BrN3O. The summed E-state index contributed by atoms with van der Waals surface area (Å²) in [7, 11) is 3.88. The van der Waals surface area contributed by atoms with Gasteiger partial charge in [0.1, 0.15) is 5.69 Å². The molecule has 0 radical (unpaired) electrons. The number of amides is 1. The number of nitrogens with zero attached hydrogens (tertiary/aromatic N) is 3. The smallest absolute Gasteiger partial charge is 0.273 e. The number of aromatic nitrogens is 2. The zero-order chi connectivity index (χ0) is 15.6. The van der Waals surface area contributed by atoms with E-state index in [0.29, 0.717) is 5.69 Å². The van der Waals surface area contributed by atoms with Crippen LogP contribution in [-0.2, 0) is 7.05 Å². The van der Waals surface area contributed by atoms with Crippen LogP contribution in [0.1, 0.15) is 54.7 Å². The molecule has 0 saturated heterocycles. The highest BCUT2D eigenvalue weighted by Crippen LogP contribution is 2.57. The average Bonchev–Trinajstić information content (AvgIpc) is 2.69. The van der Waals surface area contributed by atoms with Crippen LogP contribution in [0.3, 0.4) is 0 Å². The Balaban J connectivity index is 1.66. The van der Waals surface area contributed by atoms with Crippen molar-refractivity contribution in [2.45, 2.75) is 51.0 Å². The fraction of sp³-hybridized carbons (Fsp3) is 0.765. The number of hydrogen-bond donors (Lipinski definition) is 0. The highest BCUT2D eigenvalue weighted by atomic mass is 79.9. The first-order valence-electron chi connectivity index (χ1n) is 8.37. The number of carbonyl (C=O) groups is 1. The van der Waals surface area contributed by atoms with E-state index < -0.39 is 0 Å². The van der Waals surface area contributed by atoms with Gasteiger partial charge >= 0.3 is 0 Å².